The molecule has 116 valence electrons. The van der Waals surface area contributed by atoms with Gasteiger partial charge >= 0.3 is 5.82 Å². The molecule has 1 saturated heterocycles. The zero-order valence-electron chi connectivity index (χ0n) is 12.4. The molecule has 0 saturated carbocycles. The fourth-order valence-corrected chi connectivity index (χ4v) is 2.60. The van der Waals surface area contributed by atoms with E-state index in [2.05, 4.69) is 20.2 Å². The van der Waals surface area contributed by atoms with Gasteiger partial charge in [-0.3, -0.25) is 4.57 Å². The van der Waals surface area contributed by atoms with Crippen LogP contribution in [0.15, 0.2) is 24.7 Å². The predicted octanol–water partition coefficient (Wildman–Crippen LogP) is 2.46. The maximum absolute atomic E-state index is 11.0. The molecule has 8 heteroatoms. The number of nitro groups is 1. The Morgan fingerprint density at radius 1 is 1.23 bits per heavy atom. The lowest BCUT2D eigenvalue weighted by Crippen LogP contribution is -2.29. The Labute approximate surface area is 127 Å². The second-order valence-electron chi connectivity index (χ2n) is 5.36. The summed E-state index contributed by atoms with van der Waals surface area (Å²) in [5.74, 6) is 1.10. The van der Waals surface area contributed by atoms with Gasteiger partial charge in [0.2, 0.25) is 12.1 Å². The Bertz CT molecular complexity index is 660. The number of rotatable bonds is 4. The second-order valence-corrected chi connectivity index (χ2v) is 5.36. The van der Waals surface area contributed by atoms with Gasteiger partial charge < -0.3 is 20.3 Å². The van der Waals surface area contributed by atoms with Gasteiger partial charge in [-0.05, 0) is 41.3 Å². The van der Waals surface area contributed by atoms with E-state index in [-0.39, 0.29) is 5.82 Å². The summed E-state index contributed by atoms with van der Waals surface area (Å²) >= 11 is 0. The van der Waals surface area contributed by atoms with Crippen LogP contribution >= 0.6 is 0 Å². The predicted molar refractivity (Wildman–Crippen MR) is 83.4 cm³/mol. The summed E-state index contributed by atoms with van der Waals surface area (Å²) in [6, 6.07) is 3.82. The first-order valence-corrected chi connectivity index (χ1v) is 7.29. The van der Waals surface area contributed by atoms with E-state index in [1.807, 2.05) is 12.1 Å². The van der Waals surface area contributed by atoms with E-state index >= 15 is 0 Å². The molecular formula is C14H18N6O2. The number of piperidine rings is 1. The minimum absolute atomic E-state index is 0.192. The van der Waals surface area contributed by atoms with Gasteiger partial charge in [0.25, 0.3) is 0 Å². The van der Waals surface area contributed by atoms with Crippen LogP contribution in [0.2, 0.25) is 0 Å². The molecule has 2 aromatic rings. The van der Waals surface area contributed by atoms with Crippen molar-refractivity contribution in [3.8, 4) is 0 Å². The zero-order valence-corrected chi connectivity index (χ0v) is 12.4. The van der Waals surface area contributed by atoms with Crippen molar-refractivity contribution in [2.24, 2.45) is 7.05 Å². The Hall–Kier alpha value is -2.64. The number of pyridine rings is 1. The van der Waals surface area contributed by atoms with E-state index in [9.17, 15) is 10.1 Å². The molecule has 0 aromatic carbocycles. The summed E-state index contributed by atoms with van der Waals surface area (Å²) in [7, 11) is 1.71. The molecule has 22 heavy (non-hydrogen) atoms. The average Bonchev–Trinajstić information content (AvgIpc) is 2.90. The van der Waals surface area contributed by atoms with Crippen molar-refractivity contribution in [2.75, 3.05) is 23.3 Å². The summed E-state index contributed by atoms with van der Waals surface area (Å²) < 4.78 is 1.58. The monoisotopic (exact) mass is 302 g/mol. The van der Waals surface area contributed by atoms with E-state index in [4.69, 9.17) is 0 Å². The quantitative estimate of drug-likeness (QED) is 0.689. The van der Waals surface area contributed by atoms with Crippen LogP contribution in [0.1, 0.15) is 19.3 Å². The maximum atomic E-state index is 11.0. The second kappa shape index (κ2) is 6.00. The van der Waals surface area contributed by atoms with E-state index < -0.39 is 4.92 Å². The lowest BCUT2D eigenvalue weighted by atomic mass is 10.1. The van der Waals surface area contributed by atoms with Crippen LogP contribution in [0.25, 0.3) is 0 Å². The molecule has 0 amide bonds. The van der Waals surface area contributed by atoms with Crippen molar-refractivity contribution >= 4 is 23.1 Å². The Kier molecular flexibility index (Phi) is 3.90. The lowest BCUT2D eigenvalue weighted by molar-refractivity contribution is -0.388. The Morgan fingerprint density at radius 3 is 2.64 bits per heavy atom. The van der Waals surface area contributed by atoms with Crippen LogP contribution in [-0.4, -0.2) is 32.5 Å². The molecule has 0 atom stereocenters. The van der Waals surface area contributed by atoms with Crippen LogP contribution in [0, 0.1) is 10.1 Å². The minimum Gasteiger partial charge on any atom is -0.358 e. The van der Waals surface area contributed by atoms with Gasteiger partial charge in [0.05, 0.1) is 11.9 Å². The summed E-state index contributed by atoms with van der Waals surface area (Å²) in [5, 5.41) is 14.0. The number of hydrogen-bond acceptors (Lipinski definition) is 6. The molecule has 0 radical (unpaired) electrons. The molecule has 1 aliphatic rings. The number of nitrogens with one attached hydrogen (secondary N) is 1. The molecule has 0 aliphatic carbocycles. The third-order valence-corrected chi connectivity index (χ3v) is 3.78. The fraction of sp³-hybridized carbons (Fsp3) is 0.429. The molecule has 0 unspecified atom stereocenters. The van der Waals surface area contributed by atoms with E-state index in [1.54, 1.807) is 17.8 Å². The fourth-order valence-electron chi connectivity index (χ4n) is 2.60. The number of aromatic nitrogens is 3. The van der Waals surface area contributed by atoms with Crippen molar-refractivity contribution in [3.63, 3.8) is 0 Å². The highest BCUT2D eigenvalue weighted by Gasteiger charge is 2.20. The highest BCUT2D eigenvalue weighted by atomic mass is 16.6. The van der Waals surface area contributed by atoms with Gasteiger partial charge in [-0.1, -0.05) is 0 Å². The number of hydrogen-bond donors (Lipinski definition) is 1. The first-order valence-electron chi connectivity index (χ1n) is 7.29. The molecule has 0 bridgehead atoms. The van der Waals surface area contributed by atoms with E-state index in [1.165, 1.54) is 25.6 Å². The Balaban J connectivity index is 1.76. The first-order chi connectivity index (χ1) is 10.6. The number of imidazole rings is 1. The first kappa shape index (κ1) is 14.3. The van der Waals surface area contributed by atoms with Crippen LogP contribution in [-0.2, 0) is 7.05 Å². The topological polar surface area (TPSA) is 89.1 Å². The van der Waals surface area contributed by atoms with Gasteiger partial charge in [0.15, 0.2) is 0 Å². The molecule has 0 spiro atoms. The van der Waals surface area contributed by atoms with Gasteiger partial charge in [0, 0.05) is 20.1 Å². The van der Waals surface area contributed by atoms with Gasteiger partial charge in [-0.15, -0.1) is 0 Å². The third-order valence-electron chi connectivity index (χ3n) is 3.78. The maximum Gasteiger partial charge on any atom is 0.406 e. The summed E-state index contributed by atoms with van der Waals surface area (Å²) in [6.07, 6.45) is 6.78. The molecule has 1 N–H and O–H groups in total. The van der Waals surface area contributed by atoms with Crippen molar-refractivity contribution in [2.45, 2.75) is 19.3 Å². The molecule has 1 aliphatic heterocycles. The molecule has 8 nitrogen and oxygen atoms in total. The molecule has 3 rings (SSSR count). The minimum atomic E-state index is -0.502. The molecule has 1 fully saturated rings. The molecular weight excluding hydrogens is 284 g/mol. The zero-order chi connectivity index (χ0) is 15.5. The summed E-state index contributed by atoms with van der Waals surface area (Å²) in [4.78, 5) is 20.9. The SMILES string of the molecule is Cn1cnc([N+](=O)[O-])c1Nc1ccc(N2CCCCC2)nc1. The number of anilines is 3. The van der Waals surface area contributed by atoms with Crippen LogP contribution < -0.4 is 10.2 Å². The van der Waals surface area contributed by atoms with Crippen molar-refractivity contribution in [3.05, 3.63) is 34.8 Å². The normalized spacial score (nSPS) is 14.9. The largest absolute Gasteiger partial charge is 0.406 e. The van der Waals surface area contributed by atoms with Gasteiger partial charge in [-0.25, -0.2) is 4.98 Å². The van der Waals surface area contributed by atoms with Crippen molar-refractivity contribution < 1.29 is 4.92 Å². The summed E-state index contributed by atoms with van der Waals surface area (Å²) in [5.41, 5.74) is 0.701. The number of nitrogens with zero attached hydrogens (tertiary/aromatic N) is 5. The van der Waals surface area contributed by atoms with E-state index in [0.29, 0.717) is 11.5 Å². The van der Waals surface area contributed by atoms with Gasteiger partial charge in [-0.2, -0.15) is 0 Å². The highest BCUT2D eigenvalue weighted by molar-refractivity contribution is 5.64. The van der Waals surface area contributed by atoms with Crippen molar-refractivity contribution in [1.82, 2.24) is 14.5 Å². The smallest absolute Gasteiger partial charge is 0.358 e. The molecule has 3 heterocycles. The van der Waals surface area contributed by atoms with Crippen LogP contribution in [0.3, 0.4) is 0 Å². The Morgan fingerprint density at radius 2 is 2.00 bits per heavy atom. The van der Waals surface area contributed by atoms with E-state index in [0.717, 1.165) is 18.9 Å². The standard InChI is InChI=1S/C14H18N6O2/c1-18-10-16-13(20(21)22)14(18)17-11-5-6-12(15-9-11)19-7-3-2-4-8-19/h5-6,9-10,17H,2-4,7-8H2,1H3. The highest BCUT2D eigenvalue weighted by Crippen LogP contribution is 2.26. The van der Waals surface area contributed by atoms with Gasteiger partial charge in [0.1, 0.15) is 5.82 Å². The summed E-state index contributed by atoms with van der Waals surface area (Å²) in [6.45, 7) is 2.07. The van der Waals surface area contributed by atoms with Crippen molar-refractivity contribution in [1.29, 1.82) is 0 Å². The average molecular weight is 302 g/mol. The lowest BCUT2D eigenvalue weighted by Gasteiger charge is -2.27. The van der Waals surface area contributed by atoms with Crippen LogP contribution in [0.5, 0.6) is 0 Å². The molecule has 2 aromatic heterocycles. The third kappa shape index (κ3) is 2.85. The number of aryl methyl sites for hydroxylation is 1. The van der Waals surface area contributed by atoms with Crippen LogP contribution in [0.4, 0.5) is 23.1 Å².